The second-order valence-corrected chi connectivity index (χ2v) is 4.63. The highest BCUT2D eigenvalue weighted by molar-refractivity contribution is 9.10. The van der Waals surface area contributed by atoms with E-state index in [1.165, 1.54) is 0 Å². The first-order valence-electron chi connectivity index (χ1n) is 5.26. The van der Waals surface area contributed by atoms with Crippen LogP contribution in [0.3, 0.4) is 0 Å². The number of nitrogens with zero attached hydrogens (tertiary/aromatic N) is 1. The Morgan fingerprint density at radius 1 is 1.12 bits per heavy atom. The number of benzene rings is 1. The lowest BCUT2D eigenvalue weighted by atomic mass is 10.2. The first-order chi connectivity index (χ1) is 8.24. The quantitative estimate of drug-likeness (QED) is 0.942. The summed E-state index contributed by atoms with van der Waals surface area (Å²) in [5, 5.41) is 0. The van der Waals surface area contributed by atoms with E-state index in [1.54, 1.807) is 12.3 Å². The zero-order valence-electron chi connectivity index (χ0n) is 9.27. The fourth-order valence-corrected chi connectivity index (χ4v) is 1.88. The predicted octanol–water partition coefficient (Wildman–Crippen LogP) is 3.14. The summed E-state index contributed by atoms with van der Waals surface area (Å²) in [7, 11) is 0. The van der Waals surface area contributed by atoms with Gasteiger partial charge in [-0.25, -0.2) is 4.98 Å². The lowest BCUT2D eigenvalue weighted by molar-refractivity contribution is 0.107. The largest absolute Gasteiger partial charge is 0.384 e. The predicted molar refractivity (Wildman–Crippen MR) is 71.3 cm³/mol. The Bertz CT molecular complexity index is 485. The SMILES string of the molecule is Nc1ccc(COCc2cccc(Br)c2)cn1. The minimum absolute atomic E-state index is 0.528. The normalized spacial score (nSPS) is 10.4. The van der Waals surface area contributed by atoms with E-state index < -0.39 is 0 Å². The fourth-order valence-electron chi connectivity index (χ4n) is 1.43. The number of hydrogen-bond acceptors (Lipinski definition) is 3. The third kappa shape index (κ3) is 3.84. The smallest absolute Gasteiger partial charge is 0.123 e. The summed E-state index contributed by atoms with van der Waals surface area (Å²) in [6.45, 7) is 1.13. The average molecular weight is 293 g/mol. The van der Waals surface area contributed by atoms with Gasteiger partial charge in [0.15, 0.2) is 0 Å². The number of nitrogens with two attached hydrogens (primary N) is 1. The van der Waals surface area contributed by atoms with Crippen LogP contribution in [0.15, 0.2) is 47.1 Å². The second kappa shape index (κ2) is 5.80. The molecule has 0 atom stereocenters. The molecule has 2 aromatic rings. The zero-order valence-corrected chi connectivity index (χ0v) is 10.9. The van der Waals surface area contributed by atoms with E-state index in [4.69, 9.17) is 10.5 Å². The molecule has 4 heteroatoms. The molecule has 0 bridgehead atoms. The number of halogens is 1. The van der Waals surface area contributed by atoms with Gasteiger partial charge in [0.25, 0.3) is 0 Å². The summed E-state index contributed by atoms with van der Waals surface area (Å²) in [5.41, 5.74) is 7.67. The van der Waals surface area contributed by atoms with Crippen molar-refractivity contribution in [3.05, 3.63) is 58.2 Å². The van der Waals surface area contributed by atoms with Gasteiger partial charge in [-0.15, -0.1) is 0 Å². The van der Waals surface area contributed by atoms with Crippen LogP contribution in [0.2, 0.25) is 0 Å². The van der Waals surface area contributed by atoms with E-state index in [1.807, 2.05) is 30.3 Å². The Labute approximate surface area is 109 Å². The minimum Gasteiger partial charge on any atom is -0.384 e. The number of hydrogen-bond donors (Lipinski definition) is 1. The van der Waals surface area contributed by atoms with Gasteiger partial charge in [-0.05, 0) is 29.3 Å². The van der Waals surface area contributed by atoms with Crippen molar-refractivity contribution in [3.63, 3.8) is 0 Å². The van der Waals surface area contributed by atoms with Crippen LogP contribution in [0.4, 0.5) is 5.82 Å². The van der Waals surface area contributed by atoms with Crippen LogP contribution in [0.25, 0.3) is 0 Å². The van der Waals surface area contributed by atoms with Crippen molar-refractivity contribution >= 4 is 21.7 Å². The van der Waals surface area contributed by atoms with E-state index >= 15 is 0 Å². The molecule has 88 valence electrons. The van der Waals surface area contributed by atoms with Crippen LogP contribution < -0.4 is 5.73 Å². The number of rotatable bonds is 4. The summed E-state index contributed by atoms with van der Waals surface area (Å²) >= 11 is 3.43. The highest BCUT2D eigenvalue weighted by Crippen LogP contribution is 2.13. The summed E-state index contributed by atoms with van der Waals surface area (Å²) < 4.78 is 6.66. The van der Waals surface area contributed by atoms with Crippen LogP contribution in [-0.2, 0) is 18.0 Å². The van der Waals surface area contributed by atoms with Crippen molar-refractivity contribution in [3.8, 4) is 0 Å². The molecule has 0 aliphatic carbocycles. The Balaban J connectivity index is 1.85. The first-order valence-corrected chi connectivity index (χ1v) is 6.06. The number of nitrogen functional groups attached to an aromatic ring is 1. The highest BCUT2D eigenvalue weighted by atomic mass is 79.9. The molecule has 2 rings (SSSR count). The third-order valence-corrected chi connectivity index (χ3v) is 2.77. The lowest BCUT2D eigenvalue weighted by Crippen LogP contribution is -1.96. The van der Waals surface area contributed by atoms with Gasteiger partial charge in [-0.2, -0.15) is 0 Å². The van der Waals surface area contributed by atoms with Gasteiger partial charge >= 0.3 is 0 Å². The van der Waals surface area contributed by atoms with Gasteiger partial charge < -0.3 is 10.5 Å². The maximum Gasteiger partial charge on any atom is 0.123 e. The van der Waals surface area contributed by atoms with Crippen molar-refractivity contribution in [2.45, 2.75) is 13.2 Å². The molecule has 1 heterocycles. The molecule has 0 saturated carbocycles. The first kappa shape index (κ1) is 12.1. The molecule has 0 amide bonds. The molecule has 1 aromatic carbocycles. The van der Waals surface area contributed by atoms with Gasteiger partial charge in [-0.1, -0.05) is 34.1 Å². The van der Waals surface area contributed by atoms with Crippen molar-refractivity contribution in [2.24, 2.45) is 0 Å². The van der Waals surface area contributed by atoms with Crippen LogP contribution in [0, 0.1) is 0 Å². The van der Waals surface area contributed by atoms with Gasteiger partial charge in [0.1, 0.15) is 5.82 Å². The molecule has 0 spiro atoms. The Hall–Kier alpha value is -1.39. The van der Waals surface area contributed by atoms with E-state index in [9.17, 15) is 0 Å². The summed E-state index contributed by atoms with van der Waals surface area (Å²) in [5.74, 6) is 0.528. The molecule has 17 heavy (non-hydrogen) atoms. The van der Waals surface area contributed by atoms with Crippen molar-refractivity contribution in [2.75, 3.05) is 5.73 Å². The van der Waals surface area contributed by atoms with Crippen molar-refractivity contribution in [1.82, 2.24) is 4.98 Å². The van der Waals surface area contributed by atoms with Gasteiger partial charge in [-0.3, -0.25) is 0 Å². The van der Waals surface area contributed by atoms with E-state index in [2.05, 4.69) is 20.9 Å². The van der Waals surface area contributed by atoms with E-state index in [-0.39, 0.29) is 0 Å². The van der Waals surface area contributed by atoms with Crippen LogP contribution >= 0.6 is 15.9 Å². The summed E-state index contributed by atoms with van der Waals surface area (Å²) in [4.78, 5) is 4.01. The molecule has 0 saturated heterocycles. The number of anilines is 1. The van der Waals surface area contributed by atoms with E-state index in [0.29, 0.717) is 19.0 Å². The average Bonchev–Trinajstić information content (AvgIpc) is 2.32. The highest BCUT2D eigenvalue weighted by Gasteiger charge is 1.96. The van der Waals surface area contributed by atoms with Crippen molar-refractivity contribution < 1.29 is 4.74 Å². The fraction of sp³-hybridized carbons (Fsp3) is 0.154. The molecule has 0 aliphatic rings. The summed E-state index contributed by atoms with van der Waals surface area (Å²) in [6, 6.07) is 11.8. The lowest BCUT2D eigenvalue weighted by Gasteiger charge is -2.05. The number of ether oxygens (including phenoxy) is 1. The maximum atomic E-state index is 5.60. The maximum absolute atomic E-state index is 5.60. The van der Waals surface area contributed by atoms with Gasteiger partial charge in [0, 0.05) is 10.7 Å². The topological polar surface area (TPSA) is 48.1 Å². The molecule has 0 aliphatic heterocycles. The standard InChI is InChI=1S/C13H13BrN2O/c14-12-3-1-2-10(6-12)8-17-9-11-4-5-13(15)16-7-11/h1-7H,8-9H2,(H2,15,16). The molecule has 0 fully saturated rings. The summed E-state index contributed by atoms with van der Waals surface area (Å²) in [6.07, 6.45) is 1.73. The number of pyridine rings is 1. The van der Waals surface area contributed by atoms with Crippen LogP contribution in [0.1, 0.15) is 11.1 Å². The van der Waals surface area contributed by atoms with E-state index in [0.717, 1.165) is 15.6 Å². The van der Waals surface area contributed by atoms with Crippen LogP contribution in [-0.4, -0.2) is 4.98 Å². The molecule has 0 unspecified atom stereocenters. The van der Waals surface area contributed by atoms with Gasteiger partial charge in [0.2, 0.25) is 0 Å². The zero-order chi connectivity index (χ0) is 12.1. The van der Waals surface area contributed by atoms with Gasteiger partial charge in [0.05, 0.1) is 13.2 Å². The second-order valence-electron chi connectivity index (χ2n) is 3.71. The third-order valence-electron chi connectivity index (χ3n) is 2.27. The number of aromatic nitrogens is 1. The Morgan fingerprint density at radius 3 is 2.65 bits per heavy atom. The molecule has 0 radical (unpaired) electrons. The molecule has 3 nitrogen and oxygen atoms in total. The van der Waals surface area contributed by atoms with Crippen LogP contribution in [0.5, 0.6) is 0 Å². The molecule has 1 aromatic heterocycles. The van der Waals surface area contributed by atoms with Crippen molar-refractivity contribution in [1.29, 1.82) is 0 Å². The monoisotopic (exact) mass is 292 g/mol. The Morgan fingerprint density at radius 2 is 1.94 bits per heavy atom. The molecule has 2 N–H and O–H groups in total. The minimum atomic E-state index is 0.528. The molecular weight excluding hydrogens is 280 g/mol. The Kier molecular flexibility index (Phi) is 4.12. The molecular formula is C13H13BrN2O.